The molecule has 0 aliphatic heterocycles. The maximum atomic E-state index is 10.7. The molecule has 1 atom stereocenters. The normalized spacial score (nSPS) is 15.4. The molecule has 0 spiro atoms. The lowest BCUT2D eigenvalue weighted by Gasteiger charge is -2.34. The van der Waals surface area contributed by atoms with E-state index in [9.17, 15) is 5.11 Å². The van der Waals surface area contributed by atoms with E-state index >= 15 is 0 Å². The Labute approximate surface area is 109 Å². The molecule has 0 radical (unpaired) electrons. The lowest BCUT2D eigenvalue weighted by molar-refractivity contribution is 0.136. The molecule has 0 saturated carbocycles. The highest BCUT2D eigenvalue weighted by Gasteiger charge is 2.39. The third kappa shape index (κ3) is 2.26. The molecule has 96 valence electrons. The third-order valence-electron chi connectivity index (χ3n) is 3.63. The van der Waals surface area contributed by atoms with Crippen LogP contribution in [0.3, 0.4) is 0 Å². The van der Waals surface area contributed by atoms with Crippen LogP contribution in [0.15, 0.2) is 42.7 Å². The first-order chi connectivity index (χ1) is 8.32. The summed E-state index contributed by atoms with van der Waals surface area (Å²) >= 11 is 0. The number of nitrogens with zero attached hydrogens (tertiary/aromatic N) is 2. The van der Waals surface area contributed by atoms with Gasteiger partial charge in [-0.05, 0) is 19.1 Å². The molecule has 2 aromatic rings. The minimum Gasteiger partial charge on any atom is -0.389 e. The molecule has 0 saturated heterocycles. The molecular weight excluding hydrogens is 240 g/mol. The van der Waals surface area contributed by atoms with Crippen LogP contribution >= 0.6 is 0 Å². The number of para-hydroxylation sites is 1. The van der Waals surface area contributed by atoms with E-state index in [1.54, 1.807) is 6.20 Å². The van der Waals surface area contributed by atoms with Crippen molar-refractivity contribution in [1.82, 2.24) is 9.78 Å². The van der Waals surface area contributed by atoms with Crippen LogP contribution in [0.2, 0.25) is 19.6 Å². The summed E-state index contributed by atoms with van der Waals surface area (Å²) in [5, 5.41) is 14.3. The highest BCUT2D eigenvalue weighted by Crippen LogP contribution is 2.31. The zero-order valence-corrected chi connectivity index (χ0v) is 12.4. The van der Waals surface area contributed by atoms with Crippen molar-refractivity contribution in [3.05, 3.63) is 48.3 Å². The van der Waals surface area contributed by atoms with Crippen molar-refractivity contribution >= 4 is 8.07 Å². The van der Waals surface area contributed by atoms with Crippen LogP contribution in [-0.2, 0) is 5.22 Å². The van der Waals surface area contributed by atoms with Crippen molar-refractivity contribution in [2.45, 2.75) is 31.8 Å². The van der Waals surface area contributed by atoms with Gasteiger partial charge in [0.2, 0.25) is 0 Å². The summed E-state index contributed by atoms with van der Waals surface area (Å²) in [5.74, 6) is 0. The Morgan fingerprint density at radius 3 is 2.33 bits per heavy atom. The molecule has 1 unspecified atom stereocenters. The Bertz CT molecular complexity index is 526. The highest BCUT2D eigenvalue weighted by atomic mass is 28.3. The van der Waals surface area contributed by atoms with Crippen molar-refractivity contribution in [2.24, 2.45) is 0 Å². The lowest BCUT2D eigenvalue weighted by atomic mass is 10.2. The van der Waals surface area contributed by atoms with E-state index in [0.29, 0.717) is 0 Å². The molecule has 3 nitrogen and oxygen atoms in total. The summed E-state index contributed by atoms with van der Waals surface area (Å²) in [7, 11) is -1.71. The first kappa shape index (κ1) is 13.0. The number of hydrogen-bond acceptors (Lipinski definition) is 2. The maximum absolute atomic E-state index is 10.7. The summed E-state index contributed by atoms with van der Waals surface area (Å²) in [6.07, 6.45) is 3.69. The monoisotopic (exact) mass is 260 g/mol. The first-order valence-electron chi connectivity index (χ1n) is 6.15. The van der Waals surface area contributed by atoms with Gasteiger partial charge in [-0.1, -0.05) is 37.8 Å². The predicted molar refractivity (Wildman–Crippen MR) is 76.5 cm³/mol. The predicted octanol–water partition coefficient (Wildman–Crippen LogP) is 2.96. The van der Waals surface area contributed by atoms with E-state index in [0.717, 1.165) is 11.3 Å². The van der Waals surface area contributed by atoms with Crippen LogP contribution in [0.4, 0.5) is 0 Å². The summed E-state index contributed by atoms with van der Waals surface area (Å²) in [6.45, 7) is 8.37. The van der Waals surface area contributed by atoms with E-state index in [1.807, 2.05) is 48.1 Å². The number of hydrogen-bond donors (Lipinski definition) is 1. The van der Waals surface area contributed by atoms with Gasteiger partial charge < -0.3 is 5.11 Å². The molecule has 1 aromatic heterocycles. The Kier molecular flexibility index (Phi) is 3.17. The molecule has 1 N–H and O–H groups in total. The van der Waals surface area contributed by atoms with Gasteiger partial charge in [-0.2, -0.15) is 5.10 Å². The summed E-state index contributed by atoms with van der Waals surface area (Å²) < 4.78 is 1.81. The van der Waals surface area contributed by atoms with Crippen molar-refractivity contribution in [3.63, 3.8) is 0 Å². The molecule has 1 heterocycles. The molecule has 0 aliphatic carbocycles. The lowest BCUT2D eigenvalue weighted by Crippen LogP contribution is -2.46. The molecule has 1 aromatic carbocycles. The summed E-state index contributed by atoms with van der Waals surface area (Å²) in [6, 6.07) is 9.94. The number of benzene rings is 1. The average Bonchev–Trinajstić information content (AvgIpc) is 2.78. The molecule has 4 heteroatoms. The molecule has 18 heavy (non-hydrogen) atoms. The van der Waals surface area contributed by atoms with Crippen LogP contribution < -0.4 is 0 Å². The second kappa shape index (κ2) is 4.37. The maximum Gasteiger partial charge on any atom is 0.0875 e. The van der Waals surface area contributed by atoms with Gasteiger partial charge in [0.15, 0.2) is 0 Å². The molecule has 0 fully saturated rings. The fourth-order valence-electron chi connectivity index (χ4n) is 1.73. The fraction of sp³-hybridized carbons (Fsp3) is 0.357. The zero-order valence-electron chi connectivity index (χ0n) is 11.4. The van der Waals surface area contributed by atoms with E-state index in [1.165, 1.54) is 0 Å². The fourth-order valence-corrected chi connectivity index (χ4v) is 2.72. The van der Waals surface area contributed by atoms with Gasteiger partial charge >= 0.3 is 0 Å². The van der Waals surface area contributed by atoms with Crippen LogP contribution in [0.25, 0.3) is 5.69 Å². The number of rotatable bonds is 3. The van der Waals surface area contributed by atoms with Crippen LogP contribution in [0, 0.1) is 0 Å². The van der Waals surface area contributed by atoms with E-state index in [2.05, 4.69) is 24.7 Å². The Hall–Kier alpha value is -1.39. The largest absolute Gasteiger partial charge is 0.389 e. The van der Waals surface area contributed by atoms with Crippen molar-refractivity contribution in [1.29, 1.82) is 0 Å². The summed E-state index contributed by atoms with van der Waals surface area (Å²) in [5.41, 5.74) is 1.90. The number of aromatic nitrogens is 2. The summed E-state index contributed by atoms with van der Waals surface area (Å²) in [4.78, 5) is 0. The average molecular weight is 260 g/mol. The minimum absolute atomic E-state index is 0.764. The topological polar surface area (TPSA) is 38.1 Å². The third-order valence-corrected chi connectivity index (χ3v) is 6.84. The van der Waals surface area contributed by atoms with Gasteiger partial charge in [-0.25, -0.2) is 4.68 Å². The highest BCUT2D eigenvalue weighted by molar-refractivity contribution is 6.78. The van der Waals surface area contributed by atoms with Crippen molar-refractivity contribution < 1.29 is 5.11 Å². The van der Waals surface area contributed by atoms with Gasteiger partial charge in [0.1, 0.15) is 0 Å². The van der Waals surface area contributed by atoms with Crippen LogP contribution in [-0.4, -0.2) is 23.0 Å². The Balaban J connectivity index is 2.38. The molecular formula is C14H20N2OSi. The van der Waals surface area contributed by atoms with E-state index < -0.39 is 13.3 Å². The standard InChI is InChI=1S/C14H20N2OSi/c1-14(17,18(2,3)4)12-10-15-16(11-12)13-8-6-5-7-9-13/h5-11,17H,1-4H3. The van der Waals surface area contributed by atoms with Gasteiger partial charge in [-0.15, -0.1) is 0 Å². The minimum atomic E-state index is -1.71. The van der Waals surface area contributed by atoms with E-state index in [4.69, 9.17) is 0 Å². The van der Waals surface area contributed by atoms with E-state index in [-0.39, 0.29) is 0 Å². The van der Waals surface area contributed by atoms with Crippen molar-refractivity contribution in [2.75, 3.05) is 0 Å². The Morgan fingerprint density at radius 1 is 1.17 bits per heavy atom. The molecule has 0 amide bonds. The Morgan fingerprint density at radius 2 is 1.78 bits per heavy atom. The van der Waals surface area contributed by atoms with Crippen LogP contribution in [0.5, 0.6) is 0 Å². The van der Waals surface area contributed by atoms with Gasteiger partial charge in [-0.3, -0.25) is 0 Å². The number of aliphatic hydroxyl groups is 1. The quantitative estimate of drug-likeness (QED) is 0.862. The van der Waals surface area contributed by atoms with Gasteiger partial charge in [0, 0.05) is 11.8 Å². The molecule has 0 aliphatic rings. The second-order valence-electron chi connectivity index (χ2n) is 5.83. The van der Waals surface area contributed by atoms with Crippen molar-refractivity contribution in [3.8, 4) is 5.69 Å². The second-order valence-corrected chi connectivity index (χ2v) is 11.3. The van der Waals surface area contributed by atoms with Gasteiger partial charge in [0.25, 0.3) is 0 Å². The zero-order chi connectivity index (χ0) is 13.4. The smallest absolute Gasteiger partial charge is 0.0875 e. The SMILES string of the molecule is CC(O)(c1cnn(-c2ccccc2)c1)[Si](C)(C)C. The molecule has 2 rings (SSSR count). The first-order valence-corrected chi connectivity index (χ1v) is 9.65. The van der Waals surface area contributed by atoms with Gasteiger partial charge in [0.05, 0.1) is 25.2 Å². The van der Waals surface area contributed by atoms with Crippen LogP contribution in [0.1, 0.15) is 12.5 Å². The molecule has 0 bridgehead atoms.